The molecule has 3 aromatic rings. The van der Waals surface area contributed by atoms with Crippen LogP contribution in [0.3, 0.4) is 0 Å². The molecule has 0 saturated carbocycles. The smallest absolute Gasteiger partial charge is 0.192 e. The summed E-state index contributed by atoms with van der Waals surface area (Å²) < 4.78 is 11.7. The number of thioether (sulfide) groups is 1. The van der Waals surface area contributed by atoms with Gasteiger partial charge in [-0.15, -0.1) is 11.3 Å². The molecule has 35 heavy (non-hydrogen) atoms. The van der Waals surface area contributed by atoms with E-state index >= 15 is 0 Å². The minimum absolute atomic E-state index is 0.0455. The lowest BCUT2D eigenvalue weighted by molar-refractivity contribution is 0.188. The molecule has 5 N–H and O–H groups in total. The van der Waals surface area contributed by atoms with Crippen molar-refractivity contribution in [3.63, 3.8) is 0 Å². The van der Waals surface area contributed by atoms with Gasteiger partial charge in [0.15, 0.2) is 16.7 Å². The molecule has 1 saturated heterocycles. The van der Waals surface area contributed by atoms with E-state index < -0.39 is 0 Å². The summed E-state index contributed by atoms with van der Waals surface area (Å²) in [6, 6.07) is 7.56. The van der Waals surface area contributed by atoms with Gasteiger partial charge in [-0.25, -0.2) is 15.0 Å². The molecule has 188 valence electrons. The number of benzene rings is 1. The number of nitrogens with one attached hydrogen (secondary N) is 1. The number of ether oxygens (including phenoxy) is 2. The van der Waals surface area contributed by atoms with E-state index in [0.29, 0.717) is 23.4 Å². The lowest BCUT2D eigenvalue weighted by atomic mass is 10.2. The zero-order valence-corrected chi connectivity index (χ0v) is 22.0. The summed E-state index contributed by atoms with van der Waals surface area (Å²) in [5.41, 5.74) is 13.7. The number of aryl methyl sites for hydroxylation is 1. The fourth-order valence-corrected chi connectivity index (χ4v) is 6.04. The number of thiazole rings is 1. The number of nitrogens with zero attached hydrogens (tertiary/aromatic N) is 4. The number of aromatic nitrogens is 3. The lowest BCUT2D eigenvalue weighted by Gasteiger charge is -2.27. The van der Waals surface area contributed by atoms with Crippen LogP contribution in [-0.2, 0) is 6.42 Å². The number of piperazine rings is 1. The van der Waals surface area contributed by atoms with Crippen molar-refractivity contribution in [2.75, 3.05) is 57.9 Å². The summed E-state index contributed by atoms with van der Waals surface area (Å²) in [7, 11) is 1.67. The highest BCUT2D eigenvalue weighted by molar-refractivity contribution is 7.99. The number of hydrogen-bond donors (Lipinski definition) is 3. The standard InChI is InChI=1S/C24H33N7O2S2/c1-4-19-22(15(2)34-24-28-20(25)14-21(26)29-24)30-23(35-19)16-5-6-17(32-3)18(13-16)33-12-11-31-9-7-27-8-10-31/h5-6,13-15,27H,4,7-12H2,1-3H3,(H4,25,26,28,29)/t15-/m1/s1. The first-order chi connectivity index (χ1) is 17.0. The molecular weight excluding hydrogens is 482 g/mol. The van der Waals surface area contributed by atoms with Crippen molar-refractivity contribution in [2.24, 2.45) is 0 Å². The number of nitrogen functional groups attached to an aromatic ring is 2. The van der Waals surface area contributed by atoms with Crippen molar-refractivity contribution in [3.8, 4) is 22.1 Å². The number of methoxy groups -OCH3 is 1. The van der Waals surface area contributed by atoms with Gasteiger partial charge >= 0.3 is 0 Å². The highest BCUT2D eigenvalue weighted by Crippen LogP contribution is 2.41. The van der Waals surface area contributed by atoms with Crippen LogP contribution < -0.4 is 26.3 Å². The molecule has 0 radical (unpaired) electrons. The molecule has 0 aliphatic carbocycles. The molecule has 1 atom stereocenters. The van der Waals surface area contributed by atoms with Crippen molar-refractivity contribution in [2.45, 2.75) is 30.7 Å². The first-order valence-electron chi connectivity index (χ1n) is 11.8. The average Bonchev–Trinajstić information content (AvgIpc) is 3.29. The molecule has 11 heteroatoms. The third-order valence-electron chi connectivity index (χ3n) is 5.75. The molecule has 1 aliphatic rings. The molecule has 9 nitrogen and oxygen atoms in total. The zero-order chi connectivity index (χ0) is 24.8. The third kappa shape index (κ3) is 6.54. The van der Waals surface area contributed by atoms with Gasteiger partial charge in [0, 0.05) is 49.2 Å². The van der Waals surface area contributed by atoms with Crippen molar-refractivity contribution in [1.29, 1.82) is 0 Å². The third-order valence-corrected chi connectivity index (χ3v) is 7.98. The molecule has 4 rings (SSSR count). The molecule has 0 bridgehead atoms. The Morgan fingerprint density at radius 2 is 1.86 bits per heavy atom. The Morgan fingerprint density at radius 3 is 2.54 bits per heavy atom. The second kappa shape index (κ2) is 11.9. The van der Waals surface area contributed by atoms with Crippen LogP contribution >= 0.6 is 23.1 Å². The minimum Gasteiger partial charge on any atom is -0.493 e. The molecule has 1 fully saturated rings. The molecule has 2 aromatic heterocycles. The van der Waals surface area contributed by atoms with Crippen LogP contribution in [0.25, 0.3) is 10.6 Å². The minimum atomic E-state index is 0.0455. The molecule has 0 unspecified atom stereocenters. The second-order valence-corrected chi connectivity index (χ2v) is 10.6. The first kappa shape index (κ1) is 25.5. The SMILES string of the molecule is CCc1sc(-c2ccc(OC)c(OCCN3CCNCC3)c2)nc1[C@@H](C)Sc1nc(N)cc(N)n1. The second-order valence-electron chi connectivity index (χ2n) is 8.25. The lowest BCUT2D eigenvalue weighted by Crippen LogP contribution is -2.44. The fraction of sp³-hybridized carbons (Fsp3) is 0.458. The quantitative estimate of drug-likeness (QED) is 0.273. The van der Waals surface area contributed by atoms with Crippen LogP contribution in [0.1, 0.15) is 29.7 Å². The van der Waals surface area contributed by atoms with E-state index in [4.69, 9.17) is 25.9 Å². The Hall–Kier alpha value is -2.60. The topological polar surface area (TPSA) is 124 Å². The number of nitrogens with two attached hydrogens (primary N) is 2. The summed E-state index contributed by atoms with van der Waals surface area (Å²) in [5, 5.41) is 4.92. The summed E-state index contributed by atoms with van der Waals surface area (Å²) in [6.07, 6.45) is 0.891. The van der Waals surface area contributed by atoms with Crippen LogP contribution in [0.5, 0.6) is 11.5 Å². The average molecular weight is 516 g/mol. The summed E-state index contributed by atoms with van der Waals surface area (Å²) in [4.78, 5) is 17.2. The van der Waals surface area contributed by atoms with Gasteiger partial charge < -0.3 is 26.3 Å². The first-order valence-corrected chi connectivity index (χ1v) is 13.5. The number of hydrogen-bond acceptors (Lipinski definition) is 11. The van der Waals surface area contributed by atoms with Gasteiger partial charge in [0.05, 0.1) is 18.1 Å². The molecule has 3 heterocycles. The van der Waals surface area contributed by atoms with E-state index in [1.807, 2.05) is 18.2 Å². The molecule has 0 spiro atoms. The zero-order valence-electron chi connectivity index (χ0n) is 20.4. The van der Waals surface area contributed by atoms with Crippen LogP contribution in [-0.4, -0.2) is 66.3 Å². The predicted molar refractivity (Wildman–Crippen MR) is 143 cm³/mol. The van der Waals surface area contributed by atoms with E-state index in [9.17, 15) is 0 Å². The molecule has 1 aromatic carbocycles. The van der Waals surface area contributed by atoms with Gasteiger partial charge in [0.25, 0.3) is 0 Å². The van der Waals surface area contributed by atoms with E-state index in [0.717, 1.165) is 66.9 Å². The normalized spacial score (nSPS) is 15.2. The maximum atomic E-state index is 6.15. The van der Waals surface area contributed by atoms with Crippen LogP contribution in [0, 0.1) is 0 Å². The maximum absolute atomic E-state index is 6.15. The highest BCUT2D eigenvalue weighted by atomic mass is 32.2. The van der Waals surface area contributed by atoms with Crippen LogP contribution in [0.4, 0.5) is 11.6 Å². The van der Waals surface area contributed by atoms with E-state index in [-0.39, 0.29) is 5.25 Å². The summed E-state index contributed by atoms with van der Waals surface area (Å²) >= 11 is 3.21. The summed E-state index contributed by atoms with van der Waals surface area (Å²) in [5.74, 6) is 2.19. The fourth-order valence-electron chi connectivity index (χ4n) is 3.93. The maximum Gasteiger partial charge on any atom is 0.192 e. The van der Waals surface area contributed by atoms with Gasteiger partial charge in [-0.05, 0) is 31.5 Å². The predicted octanol–water partition coefficient (Wildman–Crippen LogP) is 3.47. The monoisotopic (exact) mass is 515 g/mol. The Morgan fingerprint density at radius 1 is 1.11 bits per heavy atom. The Balaban J connectivity index is 1.51. The number of rotatable bonds is 10. The molecule has 1 aliphatic heterocycles. The van der Waals surface area contributed by atoms with E-state index in [2.05, 4.69) is 34.0 Å². The molecule has 0 amide bonds. The van der Waals surface area contributed by atoms with Gasteiger partial charge in [0.2, 0.25) is 0 Å². The Kier molecular flexibility index (Phi) is 8.66. The van der Waals surface area contributed by atoms with Gasteiger partial charge in [-0.2, -0.15) is 0 Å². The Bertz CT molecular complexity index is 1110. The van der Waals surface area contributed by atoms with Crippen LogP contribution in [0.2, 0.25) is 0 Å². The van der Waals surface area contributed by atoms with E-state index in [1.54, 1.807) is 24.5 Å². The largest absolute Gasteiger partial charge is 0.493 e. The summed E-state index contributed by atoms with van der Waals surface area (Å²) in [6.45, 7) is 9.90. The van der Waals surface area contributed by atoms with Gasteiger partial charge in [-0.1, -0.05) is 18.7 Å². The Labute approximate surface area is 214 Å². The van der Waals surface area contributed by atoms with Crippen molar-refractivity contribution < 1.29 is 9.47 Å². The van der Waals surface area contributed by atoms with Gasteiger partial charge in [-0.3, -0.25) is 4.90 Å². The van der Waals surface area contributed by atoms with Crippen molar-refractivity contribution >= 4 is 34.7 Å². The van der Waals surface area contributed by atoms with Crippen molar-refractivity contribution in [3.05, 3.63) is 34.8 Å². The van der Waals surface area contributed by atoms with Crippen molar-refractivity contribution in [1.82, 2.24) is 25.2 Å². The van der Waals surface area contributed by atoms with E-state index in [1.165, 1.54) is 16.6 Å². The van der Waals surface area contributed by atoms with Crippen LogP contribution in [0.15, 0.2) is 29.4 Å². The van der Waals surface area contributed by atoms with Gasteiger partial charge in [0.1, 0.15) is 23.3 Å². The molecular formula is C24H33N7O2S2. The number of anilines is 2. The highest BCUT2D eigenvalue weighted by Gasteiger charge is 2.20.